The first-order valence-corrected chi connectivity index (χ1v) is 9.21. The molecule has 1 atom stereocenters. The molecule has 7 heteroatoms. The molecule has 0 saturated heterocycles. The Morgan fingerprint density at radius 1 is 1.14 bits per heavy atom. The van der Waals surface area contributed by atoms with Crippen molar-refractivity contribution in [1.29, 1.82) is 0 Å². The van der Waals surface area contributed by atoms with Gasteiger partial charge in [-0.2, -0.15) is 13.2 Å². The van der Waals surface area contributed by atoms with E-state index in [1.54, 1.807) is 7.11 Å². The molecule has 0 bridgehead atoms. The van der Waals surface area contributed by atoms with Crippen molar-refractivity contribution in [3.05, 3.63) is 52.6 Å². The highest BCUT2D eigenvalue weighted by atomic mass is 19.4. The molecule has 0 saturated carbocycles. The largest absolute Gasteiger partial charge is 0.492 e. The SMILES string of the molecule is COc1c2c(cc3c1C(C#Cc1ccc(C(F)(F)F)cc1)[N+](C)(C)CC3)OCO2. The molecule has 0 amide bonds. The number of likely N-dealkylation sites (N-methyl/N-ethyl adjacent to an activating group) is 1. The Morgan fingerprint density at radius 3 is 2.52 bits per heavy atom. The molecule has 4 nitrogen and oxygen atoms in total. The van der Waals surface area contributed by atoms with E-state index in [2.05, 4.69) is 25.9 Å². The second-order valence-corrected chi connectivity index (χ2v) is 7.72. The summed E-state index contributed by atoms with van der Waals surface area (Å²) in [7, 11) is 5.75. The Bertz CT molecular complexity index is 1000. The van der Waals surface area contributed by atoms with Crippen LogP contribution in [0.3, 0.4) is 0 Å². The van der Waals surface area contributed by atoms with Crippen LogP contribution in [0.25, 0.3) is 0 Å². The number of hydrogen-bond donors (Lipinski definition) is 0. The van der Waals surface area contributed by atoms with Crippen LogP contribution in [0.4, 0.5) is 13.2 Å². The zero-order chi connectivity index (χ0) is 20.8. The number of nitrogens with zero attached hydrogens (tertiary/aromatic N) is 1. The molecule has 2 aliphatic rings. The number of alkyl halides is 3. The number of benzene rings is 2. The van der Waals surface area contributed by atoms with Crippen molar-refractivity contribution in [3.63, 3.8) is 0 Å². The molecule has 2 heterocycles. The molecule has 2 aromatic carbocycles. The molecule has 0 N–H and O–H groups in total. The molecule has 152 valence electrons. The Balaban J connectivity index is 1.76. The Hall–Kier alpha value is -2.85. The number of ether oxygens (including phenoxy) is 3. The number of rotatable bonds is 1. The number of methoxy groups -OCH3 is 1. The first kappa shape index (κ1) is 19.5. The van der Waals surface area contributed by atoms with Gasteiger partial charge < -0.3 is 18.7 Å². The van der Waals surface area contributed by atoms with Crippen molar-refractivity contribution >= 4 is 0 Å². The molecule has 2 aromatic rings. The van der Waals surface area contributed by atoms with Gasteiger partial charge in [-0.25, -0.2) is 0 Å². The molecule has 1 unspecified atom stereocenters. The van der Waals surface area contributed by atoms with Crippen LogP contribution in [0.5, 0.6) is 17.2 Å². The van der Waals surface area contributed by atoms with Gasteiger partial charge in [0.1, 0.15) is 0 Å². The van der Waals surface area contributed by atoms with E-state index in [9.17, 15) is 13.2 Å². The van der Waals surface area contributed by atoms with Crippen LogP contribution in [0, 0.1) is 11.8 Å². The van der Waals surface area contributed by atoms with E-state index < -0.39 is 11.7 Å². The summed E-state index contributed by atoms with van der Waals surface area (Å²) in [6, 6.07) is 6.67. The van der Waals surface area contributed by atoms with Crippen LogP contribution >= 0.6 is 0 Å². The van der Waals surface area contributed by atoms with Gasteiger partial charge >= 0.3 is 6.18 Å². The van der Waals surface area contributed by atoms with Crippen LogP contribution in [0.1, 0.15) is 28.3 Å². The lowest BCUT2D eigenvalue weighted by Gasteiger charge is -2.40. The highest BCUT2D eigenvalue weighted by Crippen LogP contribution is 2.50. The summed E-state index contributed by atoms with van der Waals surface area (Å²) >= 11 is 0. The Morgan fingerprint density at radius 2 is 1.86 bits per heavy atom. The van der Waals surface area contributed by atoms with E-state index in [1.165, 1.54) is 12.1 Å². The maximum Gasteiger partial charge on any atom is 0.416 e. The summed E-state index contributed by atoms with van der Waals surface area (Å²) in [6.07, 6.45) is -3.52. The predicted octanol–water partition coefficient (Wildman–Crippen LogP) is 4.17. The quantitative estimate of drug-likeness (QED) is 0.528. The zero-order valence-corrected chi connectivity index (χ0v) is 16.4. The first-order valence-electron chi connectivity index (χ1n) is 9.21. The third-order valence-electron chi connectivity index (χ3n) is 5.44. The van der Waals surface area contributed by atoms with Crippen molar-refractivity contribution in [2.45, 2.75) is 18.6 Å². The van der Waals surface area contributed by atoms with Crippen molar-refractivity contribution in [3.8, 4) is 29.1 Å². The highest BCUT2D eigenvalue weighted by Gasteiger charge is 2.40. The summed E-state index contributed by atoms with van der Waals surface area (Å²) in [4.78, 5) is 0. The predicted molar refractivity (Wildman–Crippen MR) is 101 cm³/mol. The van der Waals surface area contributed by atoms with Gasteiger partial charge in [0.25, 0.3) is 0 Å². The van der Waals surface area contributed by atoms with E-state index in [0.717, 1.165) is 36.2 Å². The van der Waals surface area contributed by atoms with Gasteiger partial charge in [0.15, 0.2) is 17.5 Å². The fraction of sp³-hybridized carbons (Fsp3) is 0.364. The number of hydrogen-bond acceptors (Lipinski definition) is 3. The van der Waals surface area contributed by atoms with Gasteiger partial charge in [0.05, 0.1) is 38.9 Å². The molecular formula is C22H21F3NO3+. The monoisotopic (exact) mass is 404 g/mol. The molecule has 0 aromatic heterocycles. The van der Waals surface area contributed by atoms with Crippen LogP contribution in [0.2, 0.25) is 0 Å². The molecule has 0 spiro atoms. The van der Waals surface area contributed by atoms with Crippen LogP contribution < -0.4 is 14.2 Å². The maximum atomic E-state index is 12.8. The molecule has 0 radical (unpaired) electrons. The second-order valence-electron chi connectivity index (χ2n) is 7.72. The van der Waals surface area contributed by atoms with Crippen molar-refractivity contribution in [2.24, 2.45) is 0 Å². The molecule has 29 heavy (non-hydrogen) atoms. The van der Waals surface area contributed by atoms with Gasteiger partial charge in [-0.1, -0.05) is 5.92 Å². The molecule has 0 fully saturated rings. The third-order valence-corrected chi connectivity index (χ3v) is 5.44. The highest BCUT2D eigenvalue weighted by molar-refractivity contribution is 5.62. The fourth-order valence-corrected chi connectivity index (χ4v) is 3.81. The minimum absolute atomic E-state index is 0.148. The van der Waals surface area contributed by atoms with Crippen molar-refractivity contribution in [2.75, 3.05) is 34.5 Å². The van der Waals surface area contributed by atoms with E-state index in [1.807, 2.05) is 6.07 Å². The lowest BCUT2D eigenvalue weighted by Crippen LogP contribution is -2.47. The summed E-state index contributed by atoms with van der Waals surface area (Å²) in [5.41, 5.74) is 1.89. The average Bonchev–Trinajstić information content (AvgIpc) is 3.13. The molecular weight excluding hydrogens is 383 g/mol. The number of fused-ring (bicyclic) bond motifs is 2. The lowest BCUT2D eigenvalue weighted by atomic mass is 9.89. The molecule has 0 aliphatic carbocycles. The van der Waals surface area contributed by atoms with E-state index in [0.29, 0.717) is 27.3 Å². The number of halogens is 3. The van der Waals surface area contributed by atoms with Crippen molar-refractivity contribution in [1.82, 2.24) is 0 Å². The summed E-state index contributed by atoms with van der Waals surface area (Å²) in [6.45, 7) is 1.01. The molecule has 2 aliphatic heterocycles. The van der Waals surface area contributed by atoms with Crippen LogP contribution in [-0.2, 0) is 12.6 Å². The van der Waals surface area contributed by atoms with E-state index in [4.69, 9.17) is 14.2 Å². The topological polar surface area (TPSA) is 27.7 Å². The van der Waals surface area contributed by atoms with Crippen molar-refractivity contribution < 1.29 is 31.9 Å². The van der Waals surface area contributed by atoms with Gasteiger partial charge in [0.2, 0.25) is 12.5 Å². The minimum Gasteiger partial charge on any atom is -0.492 e. The Kier molecular flexibility index (Phi) is 4.62. The number of quaternary nitrogens is 1. The smallest absolute Gasteiger partial charge is 0.416 e. The normalized spacial score (nSPS) is 19.2. The second kappa shape index (κ2) is 6.89. The molecule has 4 rings (SSSR count). The standard InChI is InChI=1S/C22H21F3NO3/c1-26(2)11-10-15-12-18-20(29-13-28-18)21(27-3)19(15)17(26)9-6-14-4-7-16(8-5-14)22(23,24)25/h4-5,7-8,12,17H,10-11,13H2,1-3H3/q+1. The van der Waals surface area contributed by atoms with Gasteiger partial charge in [-0.05, 0) is 41.8 Å². The average molecular weight is 404 g/mol. The third kappa shape index (κ3) is 3.49. The van der Waals surface area contributed by atoms with Crippen LogP contribution in [-0.4, -0.2) is 39.0 Å². The van der Waals surface area contributed by atoms with Gasteiger partial charge in [0, 0.05) is 12.0 Å². The van der Waals surface area contributed by atoms with E-state index >= 15 is 0 Å². The van der Waals surface area contributed by atoms with Gasteiger partial charge in [-0.15, -0.1) is 0 Å². The first-order chi connectivity index (χ1) is 13.7. The fourth-order valence-electron chi connectivity index (χ4n) is 3.81. The summed E-state index contributed by atoms with van der Waals surface area (Å²) in [5.74, 6) is 8.19. The summed E-state index contributed by atoms with van der Waals surface area (Å²) in [5, 5.41) is 0. The zero-order valence-electron chi connectivity index (χ0n) is 16.4. The Labute approximate surface area is 167 Å². The summed E-state index contributed by atoms with van der Waals surface area (Å²) < 4.78 is 55.8. The van der Waals surface area contributed by atoms with E-state index in [-0.39, 0.29) is 12.8 Å². The lowest BCUT2D eigenvalue weighted by molar-refractivity contribution is -0.914. The van der Waals surface area contributed by atoms with Crippen LogP contribution in [0.15, 0.2) is 30.3 Å². The maximum absolute atomic E-state index is 12.8. The minimum atomic E-state index is -4.36. The van der Waals surface area contributed by atoms with Gasteiger partial charge in [-0.3, -0.25) is 0 Å².